The molecule has 38 heavy (non-hydrogen) atoms. The summed E-state index contributed by atoms with van der Waals surface area (Å²) >= 11 is 0. The van der Waals surface area contributed by atoms with Crippen molar-refractivity contribution in [3.8, 4) is 0 Å². The summed E-state index contributed by atoms with van der Waals surface area (Å²) in [4.78, 5) is 0. The van der Waals surface area contributed by atoms with E-state index in [9.17, 15) is 16.8 Å². The van der Waals surface area contributed by atoms with Crippen LogP contribution in [0.4, 0.5) is 0 Å². The van der Waals surface area contributed by atoms with Crippen LogP contribution in [-0.4, -0.2) is 37.4 Å². The van der Waals surface area contributed by atoms with Gasteiger partial charge in [0.25, 0.3) is 10.0 Å². The molecule has 0 spiro atoms. The highest BCUT2D eigenvalue weighted by Crippen LogP contribution is 2.67. The van der Waals surface area contributed by atoms with Crippen molar-refractivity contribution >= 4 is 25.9 Å². The normalized spacial score (nSPS) is 35.7. The van der Waals surface area contributed by atoms with Crippen molar-refractivity contribution in [2.45, 2.75) is 98.8 Å². The molecular formula is C30H48N2O4S2. The Balaban J connectivity index is 1.37. The summed E-state index contributed by atoms with van der Waals surface area (Å²) in [5.74, 6) is 4.55. The lowest BCUT2D eigenvalue weighted by molar-refractivity contribution is -0.0550. The summed E-state index contributed by atoms with van der Waals surface area (Å²) in [5.41, 5.74) is 3.30. The van der Waals surface area contributed by atoms with Crippen LogP contribution >= 0.6 is 0 Å². The minimum Gasteiger partial charge on any atom is -0.228 e. The molecule has 0 aliphatic heterocycles. The van der Waals surface area contributed by atoms with Crippen LogP contribution in [0.3, 0.4) is 0 Å². The van der Waals surface area contributed by atoms with Crippen molar-refractivity contribution in [3.63, 3.8) is 0 Å². The third kappa shape index (κ3) is 4.84. The first-order valence-electron chi connectivity index (χ1n) is 14.8. The van der Waals surface area contributed by atoms with E-state index in [4.69, 9.17) is 0 Å². The van der Waals surface area contributed by atoms with Gasteiger partial charge in [-0.3, -0.25) is 0 Å². The highest BCUT2D eigenvalue weighted by Gasteiger charge is 2.59. The van der Waals surface area contributed by atoms with E-state index in [-0.39, 0.29) is 5.41 Å². The standard InChI is InChI=1S/C30H48N2O4S2/c1-20(2)8-7-9-21(3)25-12-13-26-24-11-10-23-16-28-22(17-30(23,5)27(24)14-15-29(25,26)4)18-31-32(28)38(35,36)19-37(6,33)34/h16,18,20-21,24-27H,7-15,17,19H2,1-6H3/t21-,24?,25-,26?,27?,29-,30+/m1/s1. The van der Waals surface area contributed by atoms with Crippen LogP contribution in [0.25, 0.3) is 6.08 Å². The fourth-order valence-electron chi connectivity index (χ4n) is 9.59. The van der Waals surface area contributed by atoms with E-state index in [1.165, 1.54) is 56.9 Å². The highest BCUT2D eigenvalue weighted by atomic mass is 32.3. The summed E-state index contributed by atoms with van der Waals surface area (Å²) in [5, 5.41) is 3.28. The maximum Gasteiger partial charge on any atom is 0.268 e. The van der Waals surface area contributed by atoms with Gasteiger partial charge in [-0.1, -0.05) is 59.5 Å². The molecule has 0 N–H and O–H groups in total. The van der Waals surface area contributed by atoms with Crippen molar-refractivity contribution in [2.75, 3.05) is 11.3 Å². The van der Waals surface area contributed by atoms with Gasteiger partial charge in [-0.2, -0.15) is 9.19 Å². The van der Waals surface area contributed by atoms with E-state index in [1.54, 1.807) is 6.20 Å². The number of sulfone groups is 1. The zero-order chi connectivity index (χ0) is 27.7. The smallest absolute Gasteiger partial charge is 0.228 e. The maximum atomic E-state index is 12.9. The fraction of sp³-hybridized carbons (Fsp3) is 0.833. The Morgan fingerprint density at radius 2 is 1.76 bits per heavy atom. The SMILES string of the molecule is CC(C)CCC[C@@H](C)[C@H]1CCC2C3CCC4=Cc5c(cnn5S(=O)(=O)CS(C)(=O)=O)C[C@]4(C)C3CC[C@@]21C. The predicted molar refractivity (Wildman–Crippen MR) is 154 cm³/mol. The summed E-state index contributed by atoms with van der Waals surface area (Å²) in [6, 6.07) is 0. The van der Waals surface area contributed by atoms with Crippen LogP contribution < -0.4 is 0 Å². The van der Waals surface area contributed by atoms with Crippen LogP contribution in [-0.2, 0) is 26.3 Å². The molecule has 4 aliphatic rings. The van der Waals surface area contributed by atoms with Gasteiger partial charge in [0.15, 0.2) is 14.9 Å². The molecule has 3 saturated carbocycles. The number of hydrogen-bond donors (Lipinski definition) is 0. The van der Waals surface area contributed by atoms with Gasteiger partial charge in [-0.05, 0) is 103 Å². The second-order valence-corrected chi connectivity index (χ2v) is 18.6. The Kier molecular flexibility index (Phi) is 7.28. The van der Waals surface area contributed by atoms with Crippen molar-refractivity contribution < 1.29 is 16.8 Å². The Morgan fingerprint density at radius 1 is 1.03 bits per heavy atom. The van der Waals surface area contributed by atoms with Gasteiger partial charge in [0, 0.05) is 6.26 Å². The third-order valence-electron chi connectivity index (χ3n) is 11.3. The second kappa shape index (κ2) is 9.74. The molecule has 5 rings (SSSR count). The molecule has 1 aromatic rings. The molecule has 3 unspecified atom stereocenters. The van der Waals surface area contributed by atoms with Gasteiger partial charge in [0.05, 0.1) is 11.9 Å². The van der Waals surface area contributed by atoms with Crippen LogP contribution in [0.15, 0.2) is 11.8 Å². The first-order valence-corrected chi connectivity index (χ1v) is 18.5. The zero-order valence-electron chi connectivity index (χ0n) is 24.2. The van der Waals surface area contributed by atoms with E-state index in [1.807, 2.05) is 6.08 Å². The van der Waals surface area contributed by atoms with Gasteiger partial charge in [0.2, 0.25) is 0 Å². The first kappa shape index (κ1) is 28.4. The molecule has 0 amide bonds. The summed E-state index contributed by atoms with van der Waals surface area (Å²) in [6.07, 6.45) is 17.0. The molecule has 0 saturated heterocycles. The van der Waals surface area contributed by atoms with Crippen LogP contribution in [0.5, 0.6) is 0 Å². The average molecular weight is 565 g/mol. The van der Waals surface area contributed by atoms with Crippen molar-refractivity contribution in [2.24, 2.45) is 46.3 Å². The Labute approximate surface area is 231 Å². The second-order valence-electron chi connectivity index (χ2n) is 14.3. The minimum atomic E-state index is -4.07. The molecule has 1 aromatic heterocycles. The molecule has 1 heterocycles. The van der Waals surface area contributed by atoms with Gasteiger partial charge in [0.1, 0.15) is 0 Å². The lowest BCUT2D eigenvalue weighted by atomic mass is 9.46. The lowest BCUT2D eigenvalue weighted by Gasteiger charge is -2.58. The number of nitrogens with zero attached hydrogens (tertiary/aromatic N) is 2. The quantitative estimate of drug-likeness (QED) is 0.369. The molecule has 7 atom stereocenters. The van der Waals surface area contributed by atoms with E-state index in [2.05, 4.69) is 39.7 Å². The van der Waals surface area contributed by atoms with Gasteiger partial charge >= 0.3 is 0 Å². The number of rotatable bonds is 8. The highest BCUT2D eigenvalue weighted by molar-refractivity contribution is 8.07. The van der Waals surface area contributed by atoms with Crippen LogP contribution in [0, 0.1) is 46.3 Å². The largest absolute Gasteiger partial charge is 0.268 e. The van der Waals surface area contributed by atoms with Crippen LogP contribution in [0.1, 0.15) is 104 Å². The molecule has 8 heteroatoms. The first-order chi connectivity index (χ1) is 17.7. The number of allylic oxidation sites excluding steroid dienone is 1. The molecule has 3 fully saturated rings. The topological polar surface area (TPSA) is 86.1 Å². The van der Waals surface area contributed by atoms with E-state index >= 15 is 0 Å². The Morgan fingerprint density at radius 3 is 2.45 bits per heavy atom. The summed E-state index contributed by atoms with van der Waals surface area (Å²) in [6.45, 7) is 12.2. The number of hydrogen-bond acceptors (Lipinski definition) is 5. The zero-order valence-corrected chi connectivity index (χ0v) is 25.9. The molecule has 4 aliphatic carbocycles. The van der Waals surface area contributed by atoms with Crippen LogP contribution in [0.2, 0.25) is 0 Å². The Bertz CT molecular complexity index is 1310. The molecule has 6 nitrogen and oxygen atoms in total. The van der Waals surface area contributed by atoms with E-state index in [0.717, 1.165) is 58.3 Å². The monoisotopic (exact) mass is 564 g/mol. The van der Waals surface area contributed by atoms with E-state index in [0.29, 0.717) is 17.0 Å². The summed E-state index contributed by atoms with van der Waals surface area (Å²) < 4.78 is 50.3. The number of aromatic nitrogens is 2. The lowest BCUT2D eigenvalue weighted by Crippen LogP contribution is -2.51. The Hall–Kier alpha value is -1.15. The molecule has 0 aromatic carbocycles. The molecule has 0 bridgehead atoms. The average Bonchev–Trinajstić information content (AvgIpc) is 3.35. The van der Waals surface area contributed by atoms with E-state index < -0.39 is 24.9 Å². The third-order valence-corrected chi connectivity index (χ3v) is 15.0. The summed E-state index contributed by atoms with van der Waals surface area (Å²) in [7, 11) is -7.76. The molecule has 0 radical (unpaired) electrons. The molecular weight excluding hydrogens is 516 g/mol. The van der Waals surface area contributed by atoms with Gasteiger partial charge in [-0.15, -0.1) is 0 Å². The number of fused-ring (bicyclic) bond motifs is 6. The fourth-order valence-corrected chi connectivity index (χ4v) is 12.8. The van der Waals surface area contributed by atoms with Gasteiger partial charge in [-0.25, -0.2) is 16.8 Å². The van der Waals surface area contributed by atoms with Crippen molar-refractivity contribution in [1.29, 1.82) is 0 Å². The van der Waals surface area contributed by atoms with Crippen molar-refractivity contribution in [1.82, 2.24) is 9.19 Å². The predicted octanol–water partition coefficient (Wildman–Crippen LogP) is 6.32. The van der Waals surface area contributed by atoms with Crippen molar-refractivity contribution in [3.05, 3.63) is 23.0 Å². The minimum absolute atomic E-state index is 0.0205. The van der Waals surface area contributed by atoms with Gasteiger partial charge < -0.3 is 0 Å². The maximum absolute atomic E-state index is 12.9. The molecule has 214 valence electrons.